The number of ether oxygens (including phenoxy) is 1. The Kier molecular flexibility index (Phi) is 7.03. The number of hydrogen-bond acceptors (Lipinski definition) is 5. The molecule has 35 heavy (non-hydrogen) atoms. The Morgan fingerprint density at radius 2 is 1.63 bits per heavy atom. The van der Waals surface area contributed by atoms with E-state index in [2.05, 4.69) is 10.6 Å². The first-order valence-corrected chi connectivity index (χ1v) is 11.4. The summed E-state index contributed by atoms with van der Waals surface area (Å²) in [5, 5.41) is 6.18. The zero-order valence-electron chi connectivity index (χ0n) is 18.5. The highest BCUT2D eigenvalue weighted by Gasteiger charge is 2.40. The summed E-state index contributed by atoms with van der Waals surface area (Å²) in [4.78, 5) is 39.7. The zero-order chi connectivity index (χ0) is 25.3. The zero-order valence-corrected chi connectivity index (χ0v) is 20.8. The van der Waals surface area contributed by atoms with E-state index in [1.807, 2.05) is 6.92 Å². The number of hydrogen-bond donors (Lipinski definition) is 2. The minimum atomic E-state index is -0.731. The van der Waals surface area contributed by atoms with Crippen LogP contribution in [-0.2, 0) is 9.59 Å². The van der Waals surface area contributed by atoms with E-state index in [0.717, 1.165) is 10.5 Å². The van der Waals surface area contributed by atoms with Gasteiger partial charge in [-0.3, -0.25) is 14.4 Å². The molecule has 3 aromatic carbocycles. The Balaban J connectivity index is 1.58. The van der Waals surface area contributed by atoms with Gasteiger partial charge in [0, 0.05) is 27.0 Å². The number of rotatable bonds is 6. The van der Waals surface area contributed by atoms with E-state index in [-0.39, 0.29) is 28.1 Å². The molecule has 0 atom stereocenters. The molecule has 2 N–H and O–H groups in total. The lowest BCUT2D eigenvalue weighted by molar-refractivity contribution is -0.120. The average molecular weight is 531 g/mol. The molecule has 7 nitrogen and oxygen atoms in total. The van der Waals surface area contributed by atoms with Crippen molar-refractivity contribution in [3.63, 3.8) is 0 Å². The Labute approximate surface area is 216 Å². The van der Waals surface area contributed by atoms with Crippen LogP contribution in [0.3, 0.4) is 0 Å². The van der Waals surface area contributed by atoms with Gasteiger partial charge in [0.05, 0.1) is 12.8 Å². The van der Waals surface area contributed by atoms with E-state index in [1.165, 1.54) is 19.2 Å². The van der Waals surface area contributed by atoms with Crippen LogP contribution in [0.15, 0.2) is 71.4 Å². The number of anilines is 3. The molecular weight excluding hydrogens is 513 g/mol. The normalized spacial score (nSPS) is 13.3. The predicted octanol–water partition coefficient (Wildman–Crippen LogP) is 6.00. The number of amides is 3. The van der Waals surface area contributed by atoms with E-state index in [0.29, 0.717) is 27.0 Å². The molecule has 0 bridgehead atoms. The number of aryl methyl sites for hydroxylation is 1. The van der Waals surface area contributed by atoms with Crippen molar-refractivity contribution >= 4 is 69.6 Å². The summed E-state index contributed by atoms with van der Waals surface area (Å²) >= 11 is 18.3. The summed E-state index contributed by atoms with van der Waals surface area (Å²) in [6.45, 7) is 1.85. The van der Waals surface area contributed by atoms with Crippen molar-refractivity contribution in [3.05, 3.63) is 92.6 Å². The topological polar surface area (TPSA) is 87.7 Å². The SMILES string of the molecule is COc1ccc(Cl)cc1N1C(=O)C(Cl)=C(Nc2cccc(C(=O)Nc3cc(Cl)ccc3C)c2)C1=O. The van der Waals surface area contributed by atoms with Gasteiger partial charge in [-0.15, -0.1) is 0 Å². The van der Waals surface area contributed by atoms with E-state index in [1.54, 1.807) is 48.5 Å². The standard InChI is InChI=1S/C25H18Cl3N3O4/c1-13-6-7-15(26)11-18(13)30-23(32)14-4-3-5-17(10-14)29-22-21(28)24(33)31(25(22)34)19-12-16(27)8-9-20(19)35-2/h3-12,29H,1-2H3,(H,30,32). The highest BCUT2D eigenvalue weighted by atomic mass is 35.5. The highest BCUT2D eigenvalue weighted by molar-refractivity contribution is 6.53. The van der Waals surface area contributed by atoms with Crippen LogP contribution < -0.4 is 20.3 Å². The number of nitrogens with zero attached hydrogens (tertiary/aromatic N) is 1. The third-order valence-corrected chi connectivity index (χ3v) is 6.07. The maximum absolute atomic E-state index is 13.1. The van der Waals surface area contributed by atoms with Gasteiger partial charge in [0.15, 0.2) is 0 Å². The fourth-order valence-corrected chi connectivity index (χ4v) is 4.02. The van der Waals surface area contributed by atoms with Gasteiger partial charge >= 0.3 is 0 Å². The third-order valence-electron chi connectivity index (χ3n) is 5.25. The van der Waals surface area contributed by atoms with Crippen LogP contribution in [0.25, 0.3) is 0 Å². The number of benzene rings is 3. The van der Waals surface area contributed by atoms with Gasteiger partial charge < -0.3 is 15.4 Å². The molecule has 10 heteroatoms. The smallest absolute Gasteiger partial charge is 0.283 e. The van der Waals surface area contributed by atoms with Gasteiger partial charge in [0.2, 0.25) is 0 Å². The first-order chi connectivity index (χ1) is 16.7. The number of imide groups is 1. The van der Waals surface area contributed by atoms with E-state index >= 15 is 0 Å². The molecule has 0 saturated heterocycles. The van der Waals surface area contributed by atoms with Crippen molar-refractivity contribution in [2.24, 2.45) is 0 Å². The molecule has 0 unspecified atom stereocenters. The summed E-state index contributed by atoms with van der Waals surface area (Å²) < 4.78 is 5.27. The van der Waals surface area contributed by atoms with Crippen molar-refractivity contribution in [2.75, 3.05) is 22.6 Å². The second-order valence-corrected chi connectivity index (χ2v) is 8.82. The van der Waals surface area contributed by atoms with Gasteiger partial charge in [-0.25, -0.2) is 4.90 Å². The van der Waals surface area contributed by atoms with Crippen LogP contribution in [0, 0.1) is 6.92 Å². The number of carbonyl (C=O) groups excluding carboxylic acids is 3. The van der Waals surface area contributed by atoms with Crippen LogP contribution in [0.1, 0.15) is 15.9 Å². The molecule has 3 amide bonds. The minimum Gasteiger partial charge on any atom is -0.495 e. The van der Waals surface area contributed by atoms with Crippen molar-refractivity contribution < 1.29 is 19.1 Å². The van der Waals surface area contributed by atoms with Crippen LogP contribution >= 0.6 is 34.8 Å². The Hall–Kier alpha value is -3.52. The number of halogens is 3. The first-order valence-electron chi connectivity index (χ1n) is 10.3. The summed E-state index contributed by atoms with van der Waals surface area (Å²) in [6, 6.07) is 16.2. The molecule has 0 spiro atoms. The molecular formula is C25H18Cl3N3O4. The van der Waals surface area contributed by atoms with E-state index < -0.39 is 11.8 Å². The third kappa shape index (κ3) is 4.98. The van der Waals surface area contributed by atoms with Crippen molar-refractivity contribution in [1.82, 2.24) is 0 Å². The summed E-state index contributed by atoms with van der Waals surface area (Å²) in [7, 11) is 1.41. The Bertz CT molecular complexity index is 1400. The molecule has 0 radical (unpaired) electrons. The van der Waals surface area contributed by atoms with E-state index in [4.69, 9.17) is 39.5 Å². The quantitative estimate of drug-likeness (QED) is 0.382. The predicted molar refractivity (Wildman–Crippen MR) is 138 cm³/mol. The van der Waals surface area contributed by atoms with Gasteiger partial charge in [-0.05, 0) is 61.0 Å². The monoisotopic (exact) mass is 529 g/mol. The second kappa shape index (κ2) is 10.00. The number of nitrogens with one attached hydrogen (secondary N) is 2. The van der Waals surface area contributed by atoms with Gasteiger partial charge in [-0.2, -0.15) is 0 Å². The highest BCUT2D eigenvalue weighted by Crippen LogP contribution is 2.37. The molecule has 0 aromatic heterocycles. The molecule has 4 rings (SSSR count). The Morgan fingerprint density at radius 3 is 2.37 bits per heavy atom. The largest absolute Gasteiger partial charge is 0.495 e. The molecule has 1 aliphatic heterocycles. The van der Waals surface area contributed by atoms with E-state index in [9.17, 15) is 14.4 Å². The molecule has 1 heterocycles. The molecule has 3 aromatic rings. The fourth-order valence-electron chi connectivity index (χ4n) is 3.47. The average Bonchev–Trinajstić information content (AvgIpc) is 3.04. The van der Waals surface area contributed by atoms with Crippen molar-refractivity contribution in [1.29, 1.82) is 0 Å². The maximum Gasteiger partial charge on any atom is 0.283 e. The first kappa shape index (κ1) is 24.6. The second-order valence-electron chi connectivity index (χ2n) is 7.57. The molecule has 1 aliphatic rings. The van der Waals surface area contributed by atoms with Crippen molar-refractivity contribution in [3.8, 4) is 5.75 Å². The lowest BCUT2D eigenvalue weighted by atomic mass is 10.1. The van der Waals surface area contributed by atoms with Crippen LogP contribution in [-0.4, -0.2) is 24.8 Å². The summed E-state index contributed by atoms with van der Waals surface area (Å²) in [5.74, 6) is -1.52. The van der Waals surface area contributed by atoms with Gasteiger partial charge in [0.1, 0.15) is 16.5 Å². The number of methoxy groups -OCH3 is 1. The molecule has 0 fully saturated rings. The number of carbonyl (C=O) groups is 3. The fraction of sp³-hybridized carbons (Fsp3) is 0.0800. The van der Waals surface area contributed by atoms with Crippen LogP contribution in [0.2, 0.25) is 10.0 Å². The molecule has 178 valence electrons. The lowest BCUT2D eigenvalue weighted by Crippen LogP contribution is -2.32. The molecule has 0 aliphatic carbocycles. The van der Waals surface area contributed by atoms with Crippen LogP contribution in [0.4, 0.5) is 17.1 Å². The Morgan fingerprint density at radius 1 is 0.914 bits per heavy atom. The lowest BCUT2D eigenvalue weighted by Gasteiger charge is -2.18. The van der Waals surface area contributed by atoms with Crippen molar-refractivity contribution in [2.45, 2.75) is 6.92 Å². The molecule has 0 saturated carbocycles. The van der Waals surface area contributed by atoms with Gasteiger partial charge in [-0.1, -0.05) is 46.9 Å². The summed E-state index contributed by atoms with van der Waals surface area (Å²) in [5.41, 5.74) is 2.15. The van der Waals surface area contributed by atoms with Crippen LogP contribution in [0.5, 0.6) is 5.75 Å². The maximum atomic E-state index is 13.1. The summed E-state index contributed by atoms with van der Waals surface area (Å²) in [6.07, 6.45) is 0. The van der Waals surface area contributed by atoms with Gasteiger partial charge in [0.25, 0.3) is 17.7 Å². The minimum absolute atomic E-state index is 0.137.